The smallest absolute Gasteiger partial charge is 0.248 e. The number of hydrogen-bond acceptors (Lipinski definition) is 2. The van der Waals surface area contributed by atoms with Crippen LogP contribution in [-0.4, -0.2) is 23.3 Å². The number of hydrogen-bond donors (Lipinski definition) is 1. The van der Waals surface area contributed by atoms with Crippen LogP contribution in [0, 0.1) is 0 Å². The summed E-state index contributed by atoms with van der Waals surface area (Å²) in [4.78, 5) is 24.9. The Kier molecular flexibility index (Phi) is 6.95. The Hall–Kier alpha value is -2.36. The van der Waals surface area contributed by atoms with Crippen LogP contribution in [0.25, 0.3) is 0 Å². The molecule has 0 saturated carbocycles. The normalized spacial score (nSPS) is 11.0. The standard InChI is InChI=1S/C17H22N2O2/c1-4-6-7-11-17(21)18-16-10-8-9-15(12-16)13-19(5-2)14(3)20/h4,6-12H,5,13H2,1-3H3,(H,18,21)/b6-4+,11-7+. The summed E-state index contributed by atoms with van der Waals surface area (Å²) in [6, 6.07) is 7.52. The Morgan fingerprint density at radius 2 is 2.05 bits per heavy atom. The summed E-state index contributed by atoms with van der Waals surface area (Å²) in [5, 5.41) is 2.80. The molecule has 0 atom stereocenters. The average molecular weight is 286 g/mol. The van der Waals surface area contributed by atoms with Gasteiger partial charge in [0.1, 0.15) is 0 Å². The third kappa shape index (κ3) is 6.08. The average Bonchev–Trinajstić information content (AvgIpc) is 2.45. The maximum Gasteiger partial charge on any atom is 0.248 e. The first-order valence-electron chi connectivity index (χ1n) is 7.01. The molecule has 0 unspecified atom stereocenters. The zero-order valence-corrected chi connectivity index (χ0v) is 12.8. The van der Waals surface area contributed by atoms with Gasteiger partial charge in [0.15, 0.2) is 0 Å². The van der Waals surface area contributed by atoms with Crippen LogP contribution in [0.2, 0.25) is 0 Å². The molecule has 0 aliphatic heterocycles. The summed E-state index contributed by atoms with van der Waals surface area (Å²) in [5.74, 6) is -0.134. The zero-order chi connectivity index (χ0) is 15.7. The second-order valence-corrected chi connectivity index (χ2v) is 4.61. The number of nitrogens with one attached hydrogen (secondary N) is 1. The fraction of sp³-hybridized carbons (Fsp3) is 0.294. The molecule has 4 heteroatoms. The van der Waals surface area contributed by atoms with E-state index >= 15 is 0 Å². The second-order valence-electron chi connectivity index (χ2n) is 4.61. The molecule has 0 aliphatic carbocycles. The highest BCUT2D eigenvalue weighted by molar-refractivity contribution is 5.99. The number of carbonyl (C=O) groups excluding carboxylic acids is 2. The lowest BCUT2D eigenvalue weighted by Crippen LogP contribution is -2.27. The molecule has 0 aromatic heterocycles. The summed E-state index contributed by atoms with van der Waals surface area (Å²) in [6.45, 7) is 6.60. The molecule has 4 nitrogen and oxygen atoms in total. The van der Waals surface area contributed by atoms with Crippen molar-refractivity contribution < 1.29 is 9.59 Å². The predicted octanol–water partition coefficient (Wildman–Crippen LogP) is 3.13. The number of amides is 2. The van der Waals surface area contributed by atoms with Crippen molar-refractivity contribution in [3.63, 3.8) is 0 Å². The molecule has 0 fully saturated rings. The highest BCUT2D eigenvalue weighted by Gasteiger charge is 2.07. The van der Waals surface area contributed by atoms with Crippen LogP contribution in [0.1, 0.15) is 26.3 Å². The second kappa shape index (κ2) is 8.74. The van der Waals surface area contributed by atoms with Gasteiger partial charge in [-0.2, -0.15) is 0 Å². The van der Waals surface area contributed by atoms with Crippen molar-refractivity contribution in [3.05, 3.63) is 54.1 Å². The number of rotatable bonds is 6. The Bertz CT molecular complexity index is 547. The van der Waals surface area contributed by atoms with Crippen molar-refractivity contribution in [2.45, 2.75) is 27.3 Å². The molecule has 21 heavy (non-hydrogen) atoms. The maximum absolute atomic E-state index is 11.7. The molecule has 0 spiro atoms. The van der Waals surface area contributed by atoms with E-state index in [9.17, 15) is 9.59 Å². The number of allylic oxidation sites excluding steroid dienone is 3. The van der Waals surface area contributed by atoms with E-state index in [4.69, 9.17) is 0 Å². The Balaban J connectivity index is 2.72. The largest absolute Gasteiger partial charge is 0.339 e. The van der Waals surface area contributed by atoms with Crippen LogP contribution in [-0.2, 0) is 16.1 Å². The first kappa shape index (κ1) is 16.7. The van der Waals surface area contributed by atoms with Crippen LogP contribution in [0.4, 0.5) is 5.69 Å². The number of nitrogens with zero attached hydrogens (tertiary/aromatic N) is 1. The van der Waals surface area contributed by atoms with E-state index < -0.39 is 0 Å². The predicted molar refractivity (Wildman–Crippen MR) is 85.8 cm³/mol. The van der Waals surface area contributed by atoms with Gasteiger partial charge in [-0.15, -0.1) is 0 Å². The summed E-state index contributed by atoms with van der Waals surface area (Å²) < 4.78 is 0. The molecule has 1 aromatic carbocycles. The minimum atomic E-state index is -0.177. The Labute approximate surface area is 126 Å². The van der Waals surface area contributed by atoms with E-state index in [1.165, 1.54) is 6.08 Å². The van der Waals surface area contributed by atoms with E-state index in [2.05, 4.69) is 5.32 Å². The van der Waals surface area contributed by atoms with Crippen molar-refractivity contribution in [2.75, 3.05) is 11.9 Å². The minimum Gasteiger partial charge on any atom is -0.339 e. The number of anilines is 1. The van der Waals surface area contributed by atoms with Crippen LogP contribution in [0.3, 0.4) is 0 Å². The monoisotopic (exact) mass is 286 g/mol. The highest BCUT2D eigenvalue weighted by atomic mass is 16.2. The van der Waals surface area contributed by atoms with Crippen molar-refractivity contribution in [1.82, 2.24) is 4.90 Å². The van der Waals surface area contributed by atoms with Gasteiger partial charge in [0.25, 0.3) is 0 Å². The van der Waals surface area contributed by atoms with Gasteiger partial charge in [0.05, 0.1) is 0 Å². The van der Waals surface area contributed by atoms with E-state index in [0.29, 0.717) is 13.1 Å². The van der Waals surface area contributed by atoms with Crippen LogP contribution < -0.4 is 5.32 Å². The lowest BCUT2D eigenvalue weighted by atomic mass is 10.2. The maximum atomic E-state index is 11.7. The molecule has 1 rings (SSSR count). The van der Waals surface area contributed by atoms with Crippen molar-refractivity contribution in [3.8, 4) is 0 Å². The quantitative estimate of drug-likeness (QED) is 0.645. The van der Waals surface area contributed by atoms with Gasteiger partial charge < -0.3 is 10.2 Å². The molecular weight excluding hydrogens is 264 g/mol. The van der Waals surface area contributed by atoms with E-state index in [0.717, 1.165) is 11.3 Å². The van der Waals surface area contributed by atoms with Gasteiger partial charge in [-0.3, -0.25) is 9.59 Å². The third-order valence-corrected chi connectivity index (χ3v) is 2.95. The van der Waals surface area contributed by atoms with Crippen LogP contribution in [0.5, 0.6) is 0 Å². The van der Waals surface area contributed by atoms with Crippen LogP contribution in [0.15, 0.2) is 48.6 Å². The lowest BCUT2D eigenvalue weighted by molar-refractivity contribution is -0.129. The fourth-order valence-electron chi connectivity index (χ4n) is 1.85. The molecule has 0 aliphatic rings. The molecule has 112 valence electrons. The van der Waals surface area contributed by atoms with Crippen molar-refractivity contribution >= 4 is 17.5 Å². The van der Waals surface area contributed by atoms with Gasteiger partial charge in [0.2, 0.25) is 11.8 Å². The molecule has 0 radical (unpaired) electrons. The van der Waals surface area contributed by atoms with Gasteiger partial charge in [-0.1, -0.05) is 30.4 Å². The highest BCUT2D eigenvalue weighted by Crippen LogP contribution is 2.13. The first-order chi connectivity index (χ1) is 10.1. The molecule has 0 bridgehead atoms. The number of benzene rings is 1. The molecule has 1 aromatic rings. The van der Waals surface area contributed by atoms with E-state index in [-0.39, 0.29) is 11.8 Å². The topological polar surface area (TPSA) is 49.4 Å². The first-order valence-corrected chi connectivity index (χ1v) is 7.01. The minimum absolute atomic E-state index is 0.0428. The van der Waals surface area contributed by atoms with Gasteiger partial charge in [-0.05, 0) is 31.5 Å². The SMILES string of the molecule is C/C=C/C=C/C(=O)Nc1cccc(CN(CC)C(C)=O)c1. The van der Waals surface area contributed by atoms with E-state index in [1.54, 1.807) is 24.0 Å². The molecule has 1 N–H and O–H groups in total. The Morgan fingerprint density at radius 3 is 2.67 bits per heavy atom. The van der Waals surface area contributed by atoms with Crippen molar-refractivity contribution in [2.24, 2.45) is 0 Å². The van der Waals surface area contributed by atoms with Crippen molar-refractivity contribution in [1.29, 1.82) is 0 Å². The lowest BCUT2D eigenvalue weighted by Gasteiger charge is -2.19. The summed E-state index contributed by atoms with van der Waals surface area (Å²) in [7, 11) is 0. The van der Waals surface area contributed by atoms with Gasteiger partial charge in [-0.25, -0.2) is 0 Å². The van der Waals surface area contributed by atoms with Gasteiger partial charge in [0, 0.05) is 31.8 Å². The summed E-state index contributed by atoms with van der Waals surface area (Å²) in [6.07, 6.45) is 6.81. The van der Waals surface area contributed by atoms with Gasteiger partial charge >= 0.3 is 0 Å². The van der Waals surface area contributed by atoms with Crippen LogP contribution >= 0.6 is 0 Å². The molecule has 0 saturated heterocycles. The van der Waals surface area contributed by atoms with E-state index in [1.807, 2.05) is 44.2 Å². The molecular formula is C17H22N2O2. The zero-order valence-electron chi connectivity index (χ0n) is 12.8. The molecule has 0 heterocycles. The summed E-state index contributed by atoms with van der Waals surface area (Å²) >= 11 is 0. The third-order valence-electron chi connectivity index (χ3n) is 2.95. The Morgan fingerprint density at radius 1 is 1.29 bits per heavy atom. The summed E-state index contributed by atoms with van der Waals surface area (Å²) in [5.41, 5.74) is 1.71. The molecule has 2 amide bonds. The fourth-order valence-corrected chi connectivity index (χ4v) is 1.85. The number of carbonyl (C=O) groups is 2.